The van der Waals surface area contributed by atoms with Gasteiger partial charge in [0, 0.05) is 43.9 Å². The Bertz CT molecular complexity index is 1030. The Morgan fingerprint density at radius 2 is 1.67 bits per heavy atom. The first-order valence-corrected chi connectivity index (χ1v) is 13.0. The number of para-hydroxylation sites is 1. The third-order valence-electron chi connectivity index (χ3n) is 6.18. The summed E-state index contributed by atoms with van der Waals surface area (Å²) in [5.41, 5.74) is 12.7. The van der Waals surface area contributed by atoms with Gasteiger partial charge in [-0.05, 0) is 44.1 Å². The standard InChI is InChI=1S/C15H16N2O4.C12H27N3O2.ClH/c1-9(18)17(10(2)19)14(15(20)21)7-11-8-16-13-6-4-3-5-12(11)13;1-3-15(4-2)9-10-17-12(16)11(14)7-5-6-8-13;/h3-6,8,14,16H,7H2,1-2H3,(H,20,21);11H,3-10,13-14H2,1-2H3;1H. The molecule has 220 valence electrons. The highest BCUT2D eigenvalue weighted by atomic mass is 35.5. The number of hydrogen-bond acceptors (Lipinski definition) is 8. The van der Waals surface area contributed by atoms with Gasteiger partial charge in [-0.2, -0.15) is 0 Å². The van der Waals surface area contributed by atoms with Crippen LogP contribution in [-0.4, -0.2) is 88.5 Å². The van der Waals surface area contributed by atoms with Gasteiger partial charge in [-0.1, -0.05) is 38.5 Å². The summed E-state index contributed by atoms with van der Waals surface area (Å²) in [5.74, 6) is -2.65. The lowest BCUT2D eigenvalue weighted by Gasteiger charge is -2.24. The van der Waals surface area contributed by atoms with Gasteiger partial charge in [0.15, 0.2) is 0 Å². The lowest BCUT2D eigenvalue weighted by molar-refractivity contribution is -0.156. The van der Waals surface area contributed by atoms with E-state index < -0.39 is 29.9 Å². The zero-order chi connectivity index (χ0) is 28.7. The number of H-pyrrole nitrogens is 1. The van der Waals surface area contributed by atoms with Gasteiger partial charge >= 0.3 is 11.9 Å². The number of fused-ring (bicyclic) bond motifs is 1. The number of likely N-dealkylation sites (N-methyl/N-ethyl adjacent to an activating group) is 1. The molecule has 2 aromatic rings. The minimum absolute atomic E-state index is 0. The first-order chi connectivity index (χ1) is 18.1. The van der Waals surface area contributed by atoms with Crippen LogP contribution in [0.4, 0.5) is 0 Å². The number of imide groups is 1. The van der Waals surface area contributed by atoms with Gasteiger partial charge in [-0.25, -0.2) is 4.79 Å². The fraction of sp³-hybridized carbons (Fsp3) is 0.556. The van der Waals surface area contributed by atoms with E-state index in [-0.39, 0.29) is 24.8 Å². The van der Waals surface area contributed by atoms with Crippen LogP contribution < -0.4 is 11.5 Å². The maximum atomic E-state index is 11.6. The number of aromatic nitrogens is 1. The number of carboxylic acid groups (broad SMARTS) is 1. The summed E-state index contributed by atoms with van der Waals surface area (Å²) in [7, 11) is 0. The maximum Gasteiger partial charge on any atom is 0.327 e. The van der Waals surface area contributed by atoms with Crippen molar-refractivity contribution in [1.29, 1.82) is 0 Å². The lowest BCUT2D eigenvalue weighted by atomic mass is 10.0. The van der Waals surface area contributed by atoms with Crippen molar-refractivity contribution in [3.8, 4) is 0 Å². The Balaban J connectivity index is 0.000000741. The minimum atomic E-state index is -1.21. The Hall–Kier alpha value is -2.99. The number of ether oxygens (including phenoxy) is 1. The number of nitrogens with two attached hydrogens (primary N) is 2. The highest BCUT2D eigenvalue weighted by Gasteiger charge is 2.31. The van der Waals surface area contributed by atoms with Gasteiger partial charge in [-0.3, -0.25) is 19.3 Å². The van der Waals surface area contributed by atoms with Gasteiger partial charge in [0.05, 0.1) is 0 Å². The fourth-order valence-corrected chi connectivity index (χ4v) is 4.01. The molecule has 0 saturated carbocycles. The predicted octanol–water partition coefficient (Wildman–Crippen LogP) is 2.31. The third kappa shape index (κ3) is 12.2. The second kappa shape index (κ2) is 19.1. The number of carboxylic acids is 1. The Morgan fingerprint density at radius 3 is 2.21 bits per heavy atom. The number of nitrogens with one attached hydrogen (secondary N) is 1. The summed E-state index contributed by atoms with van der Waals surface area (Å²) in [6.45, 7) is 10.3. The molecule has 2 unspecified atom stereocenters. The molecule has 0 saturated heterocycles. The van der Waals surface area contributed by atoms with Crippen molar-refractivity contribution < 1.29 is 29.0 Å². The smallest absolute Gasteiger partial charge is 0.327 e. The molecule has 0 fully saturated rings. The van der Waals surface area contributed by atoms with Gasteiger partial charge in [0.25, 0.3) is 0 Å². The van der Waals surface area contributed by atoms with Crippen molar-refractivity contribution in [2.45, 2.75) is 65.5 Å². The van der Waals surface area contributed by atoms with Crippen LogP contribution in [0.3, 0.4) is 0 Å². The number of nitrogens with zero attached hydrogens (tertiary/aromatic N) is 2. The Morgan fingerprint density at radius 1 is 1.05 bits per heavy atom. The van der Waals surface area contributed by atoms with Gasteiger partial charge in [-0.15, -0.1) is 12.4 Å². The summed E-state index contributed by atoms with van der Waals surface area (Å²) in [6, 6.07) is 5.75. The first-order valence-electron chi connectivity index (χ1n) is 13.0. The molecule has 1 aromatic heterocycles. The topological polar surface area (TPSA) is 172 Å². The van der Waals surface area contributed by atoms with Gasteiger partial charge in [0.1, 0.15) is 18.7 Å². The molecule has 1 heterocycles. The number of rotatable bonds is 14. The maximum absolute atomic E-state index is 11.6. The number of amides is 2. The molecule has 0 spiro atoms. The molecule has 11 nitrogen and oxygen atoms in total. The number of halogens is 1. The largest absolute Gasteiger partial charge is 0.480 e. The Kier molecular flexibility index (Phi) is 17.7. The molecular weight excluding hydrogens is 526 g/mol. The van der Waals surface area contributed by atoms with E-state index in [2.05, 4.69) is 23.7 Å². The molecule has 0 aliphatic carbocycles. The highest BCUT2D eigenvalue weighted by molar-refractivity contribution is 5.97. The van der Waals surface area contributed by atoms with E-state index >= 15 is 0 Å². The molecule has 2 amide bonds. The van der Waals surface area contributed by atoms with Gasteiger partial charge in [0.2, 0.25) is 11.8 Å². The number of aliphatic carboxylic acids is 1. The van der Waals surface area contributed by atoms with Crippen LogP contribution in [-0.2, 0) is 30.3 Å². The summed E-state index contributed by atoms with van der Waals surface area (Å²) in [4.78, 5) is 52.1. The van der Waals surface area contributed by atoms with Crippen LogP contribution >= 0.6 is 12.4 Å². The van der Waals surface area contributed by atoms with Crippen LogP contribution in [0.15, 0.2) is 30.5 Å². The van der Waals surface area contributed by atoms with E-state index in [0.29, 0.717) is 19.6 Å². The summed E-state index contributed by atoms with van der Waals surface area (Å²) >= 11 is 0. The molecule has 6 N–H and O–H groups in total. The van der Waals surface area contributed by atoms with Crippen molar-refractivity contribution >= 4 is 47.1 Å². The van der Waals surface area contributed by atoms with E-state index in [1.807, 2.05) is 24.3 Å². The molecular formula is C27H44ClN5O6. The molecule has 12 heteroatoms. The first kappa shape index (κ1) is 36.0. The number of carbonyl (C=O) groups is 4. The van der Waals surface area contributed by atoms with E-state index in [1.54, 1.807) is 6.20 Å². The van der Waals surface area contributed by atoms with Crippen LogP contribution in [0, 0.1) is 0 Å². The molecule has 39 heavy (non-hydrogen) atoms. The normalized spacial score (nSPS) is 12.1. The molecule has 0 radical (unpaired) electrons. The number of aromatic amines is 1. The second-order valence-electron chi connectivity index (χ2n) is 8.91. The highest BCUT2D eigenvalue weighted by Crippen LogP contribution is 2.21. The summed E-state index contributed by atoms with van der Waals surface area (Å²) < 4.78 is 5.13. The molecule has 2 rings (SSSR count). The number of hydrogen-bond donors (Lipinski definition) is 4. The zero-order valence-corrected chi connectivity index (χ0v) is 24.2. The third-order valence-corrected chi connectivity index (χ3v) is 6.18. The molecule has 2 atom stereocenters. The SMILES string of the molecule is CC(=O)N(C(C)=O)C(Cc1c[nH]c2ccccc12)C(=O)O.CCN(CC)CCOC(=O)C(N)CCCCN.Cl. The minimum Gasteiger partial charge on any atom is -0.480 e. The van der Waals surface area contributed by atoms with Crippen LogP contribution in [0.1, 0.15) is 52.5 Å². The van der Waals surface area contributed by atoms with E-state index in [9.17, 15) is 24.3 Å². The second-order valence-corrected chi connectivity index (χ2v) is 8.91. The quantitative estimate of drug-likeness (QED) is 0.197. The number of unbranched alkanes of at least 4 members (excludes halogenated alkanes) is 1. The molecule has 0 aliphatic heterocycles. The van der Waals surface area contributed by atoms with E-state index in [0.717, 1.165) is 53.8 Å². The van der Waals surface area contributed by atoms with Crippen molar-refractivity contribution in [3.05, 3.63) is 36.0 Å². The van der Waals surface area contributed by atoms with E-state index in [4.69, 9.17) is 16.2 Å². The lowest BCUT2D eigenvalue weighted by Crippen LogP contribution is -2.48. The van der Waals surface area contributed by atoms with Crippen molar-refractivity contribution in [2.75, 3.05) is 32.8 Å². The molecule has 0 bridgehead atoms. The average molecular weight is 570 g/mol. The zero-order valence-electron chi connectivity index (χ0n) is 23.4. The fourth-order valence-electron chi connectivity index (χ4n) is 4.01. The predicted molar refractivity (Wildman–Crippen MR) is 154 cm³/mol. The molecule has 0 aliphatic rings. The average Bonchev–Trinajstić information content (AvgIpc) is 3.29. The van der Waals surface area contributed by atoms with Crippen molar-refractivity contribution in [1.82, 2.24) is 14.8 Å². The number of esters is 1. The van der Waals surface area contributed by atoms with Crippen molar-refractivity contribution in [3.63, 3.8) is 0 Å². The number of benzene rings is 1. The van der Waals surface area contributed by atoms with Crippen molar-refractivity contribution in [2.24, 2.45) is 11.5 Å². The van der Waals surface area contributed by atoms with Gasteiger partial charge < -0.3 is 31.2 Å². The summed E-state index contributed by atoms with van der Waals surface area (Å²) in [5, 5.41) is 10.2. The number of carbonyl (C=O) groups excluding carboxylic acids is 3. The summed E-state index contributed by atoms with van der Waals surface area (Å²) in [6.07, 6.45) is 4.21. The van der Waals surface area contributed by atoms with Crippen LogP contribution in [0.5, 0.6) is 0 Å². The monoisotopic (exact) mass is 569 g/mol. The van der Waals surface area contributed by atoms with Crippen LogP contribution in [0.2, 0.25) is 0 Å². The van der Waals surface area contributed by atoms with Crippen LogP contribution in [0.25, 0.3) is 10.9 Å². The Labute approximate surface area is 236 Å². The van der Waals surface area contributed by atoms with E-state index in [1.165, 1.54) is 13.8 Å². The molecule has 1 aromatic carbocycles.